The monoisotopic (exact) mass is 314 g/mol. The first-order chi connectivity index (χ1) is 9.44. The minimum Gasteiger partial charge on any atom is -0.393 e. The summed E-state index contributed by atoms with van der Waals surface area (Å²) in [5.74, 6) is -0.0429. The van der Waals surface area contributed by atoms with E-state index in [1.807, 2.05) is 6.07 Å². The molecule has 1 aliphatic rings. The van der Waals surface area contributed by atoms with Gasteiger partial charge in [0.15, 0.2) is 0 Å². The molecule has 20 heavy (non-hydrogen) atoms. The van der Waals surface area contributed by atoms with Crippen molar-refractivity contribution in [2.75, 3.05) is 6.54 Å². The van der Waals surface area contributed by atoms with Crippen molar-refractivity contribution in [1.82, 2.24) is 4.72 Å². The molecule has 2 rings (SSSR count). The van der Waals surface area contributed by atoms with Crippen molar-refractivity contribution in [3.05, 3.63) is 28.8 Å². The van der Waals surface area contributed by atoms with E-state index in [-0.39, 0.29) is 27.9 Å². The first-order valence-corrected chi connectivity index (χ1v) is 8.17. The zero-order chi connectivity index (χ0) is 14.8. The number of nitriles is 1. The number of sulfonamides is 1. The van der Waals surface area contributed by atoms with Gasteiger partial charge < -0.3 is 5.11 Å². The van der Waals surface area contributed by atoms with E-state index < -0.39 is 16.1 Å². The smallest absolute Gasteiger partial charge is 0.240 e. The van der Waals surface area contributed by atoms with Gasteiger partial charge in [0, 0.05) is 6.54 Å². The number of nitrogens with one attached hydrogen (secondary N) is 1. The van der Waals surface area contributed by atoms with E-state index in [4.69, 9.17) is 16.9 Å². The van der Waals surface area contributed by atoms with Crippen molar-refractivity contribution in [3.63, 3.8) is 0 Å². The van der Waals surface area contributed by atoms with Crippen LogP contribution in [0.1, 0.15) is 24.8 Å². The molecule has 1 aliphatic carbocycles. The molecule has 2 N–H and O–H groups in total. The Labute approximate surface area is 123 Å². The van der Waals surface area contributed by atoms with E-state index in [1.165, 1.54) is 18.2 Å². The second-order valence-corrected chi connectivity index (χ2v) is 7.04. The lowest BCUT2D eigenvalue weighted by atomic mass is 10.1. The number of rotatable bonds is 4. The van der Waals surface area contributed by atoms with Crippen molar-refractivity contribution in [1.29, 1.82) is 5.26 Å². The normalized spacial score (nSPS) is 22.6. The molecule has 1 aromatic rings. The molecule has 0 amide bonds. The van der Waals surface area contributed by atoms with Gasteiger partial charge in [-0.2, -0.15) is 5.26 Å². The van der Waals surface area contributed by atoms with Crippen LogP contribution in [0.2, 0.25) is 5.02 Å². The fourth-order valence-corrected chi connectivity index (χ4v) is 3.72. The van der Waals surface area contributed by atoms with Gasteiger partial charge in [0.25, 0.3) is 0 Å². The Balaban J connectivity index is 2.10. The lowest BCUT2D eigenvalue weighted by Gasteiger charge is -2.15. The summed E-state index contributed by atoms with van der Waals surface area (Å²) >= 11 is 5.83. The Morgan fingerprint density at radius 2 is 2.20 bits per heavy atom. The molecule has 2 unspecified atom stereocenters. The Hall–Kier alpha value is -1.13. The van der Waals surface area contributed by atoms with Crippen molar-refractivity contribution < 1.29 is 13.5 Å². The number of nitrogens with zero attached hydrogens (tertiary/aromatic N) is 1. The van der Waals surface area contributed by atoms with Gasteiger partial charge in [-0.3, -0.25) is 0 Å². The van der Waals surface area contributed by atoms with Crippen LogP contribution in [0, 0.1) is 17.2 Å². The average molecular weight is 315 g/mol. The highest BCUT2D eigenvalue weighted by atomic mass is 35.5. The average Bonchev–Trinajstić information content (AvgIpc) is 2.82. The van der Waals surface area contributed by atoms with Crippen molar-refractivity contribution in [3.8, 4) is 6.07 Å². The summed E-state index contributed by atoms with van der Waals surface area (Å²) in [6.07, 6.45) is 2.01. The van der Waals surface area contributed by atoms with E-state index in [0.717, 1.165) is 19.3 Å². The molecule has 0 spiro atoms. The predicted octanol–water partition coefficient (Wildman–Crippen LogP) is 1.65. The molecule has 0 radical (unpaired) electrons. The van der Waals surface area contributed by atoms with Crippen LogP contribution < -0.4 is 4.72 Å². The molecule has 0 bridgehead atoms. The maximum atomic E-state index is 12.1. The number of hydrogen-bond acceptors (Lipinski definition) is 4. The molecule has 7 heteroatoms. The molecular weight excluding hydrogens is 300 g/mol. The lowest BCUT2D eigenvalue weighted by molar-refractivity contribution is 0.134. The summed E-state index contributed by atoms with van der Waals surface area (Å²) in [4.78, 5) is 0.0222. The minimum absolute atomic E-state index is 0.0222. The summed E-state index contributed by atoms with van der Waals surface area (Å²) < 4.78 is 26.7. The lowest BCUT2D eigenvalue weighted by Crippen LogP contribution is -2.32. The van der Waals surface area contributed by atoms with Gasteiger partial charge in [0.2, 0.25) is 10.0 Å². The fraction of sp³-hybridized carbons (Fsp3) is 0.462. The van der Waals surface area contributed by atoms with Crippen LogP contribution in [0.5, 0.6) is 0 Å². The molecule has 0 aliphatic heterocycles. The van der Waals surface area contributed by atoms with Gasteiger partial charge in [0.05, 0.1) is 21.6 Å². The number of aliphatic hydroxyl groups excluding tert-OH is 1. The van der Waals surface area contributed by atoms with Gasteiger partial charge in [-0.1, -0.05) is 18.0 Å². The molecule has 2 atom stereocenters. The van der Waals surface area contributed by atoms with Crippen molar-refractivity contribution in [2.24, 2.45) is 5.92 Å². The second kappa shape index (κ2) is 6.10. The highest BCUT2D eigenvalue weighted by molar-refractivity contribution is 7.89. The van der Waals surface area contributed by atoms with Crippen LogP contribution in [0.3, 0.4) is 0 Å². The van der Waals surface area contributed by atoms with Crippen molar-refractivity contribution >= 4 is 21.6 Å². The zero-order valence-electron chi connectivity index (χ0n) is 10.7. The fourth-order valence-electron chi connectivity index (χ4n) is 2.31. The Bertz CT molecular complexity index is 640. The molecule has 5 nitrogen and oxygen atoms in total. The first-order valence-electron chi connectivity index (χ1n) is 6.31. The SMILES string of the molecule is N#Cc1ccc(S(=O)(=O)NCC2CCCC2O)cc1Cl. The standard InChI is InChI=1S/C13H15ClN2O3S/c14-12-6-11(5-4-9(12)7-15)20(18,19)16-8-10-2-1-3-13(10)17/h4-6,10,13,16-17H,1-3,8H2. The third-order valence-electron chi connectivity index (χ3n) is 3.53. The molecule has 108 valence electrons. The summed E-state index contributed by atoms with van der Waals surface area (Å²) in [6, 6.07) is 5.86. The molecule has 0 heterocycles. The van der Waals surface area contributed by atoms with E-state index in [9.17, 15) is 13.5 Å². The summed E-state index contributed by atoms with van der Waals surface area (Å²) in [6.45, 7) is 0.209. The van der Waals surface area contributed by atoms with Gasteiger partial charge in [-0.05, 0) is 37.0 Å². The van der Waals surface area contributed by atoms with Gasteiger partial charge in [-0.25, -0.2) is 13.1 Å². The predicted molar refractivity (Wildman–Crippen MR) is 74.7 cm³/mol. The highest BCUT2D eigenvalue weighted by Crippen LogP contribution is 2.25. The third-order valence-corrected chi connectivity index (χ3v) is 5.26. The summed E-state index contributed by atoms with van der Waals surface area (Å²) in [7, 11) is -3.67. The van der Waals surface area contributed by atoms with Crippen LogP contribution in [0.15, 0.2) is 23.1 Å². The second-order valence-electron chi connectivity index (χ2n) is 4.86. The summed E-state index contributed by atoms with van der Waals surface area (Å²) in [5.41, 5.74) is 0.233. The van der Waals surface area contributed by atoms with Crippen LogP contribution in [0.25, 0.3) is 0 Å². The van der Waals surface area contributed by atoms with Crippen molar-refractivity contribution in [2.45, 2.75) is 30.3 Å². The third kappa shape index (κ3) is 3.30. The van der Waals surface area contributed by atoms with Crippen LogP contribution in [-0.4, -0.2) is 26.2 Å². The van der Waals surface area contributed by atoms with Gasteiger partial charge in [-0.15, -0.1) is 0 Å². The minimum atomic E-state index is -3.67. The quantitative estimate of drug-likeness (QED) is 0.884. The van der Waals surface area contributed by atoms with E-state index in [2.05, 4.69) is 4.72 Å². The zero-order valence-corrected chi connectivity index (χ0v) is 12.3. The van der Waals surface area contributed by atoms with Gasteiger partial charge >= 0.3 is 0 Å². The summed E-state index contributed by atoms with van der Waals surface area (Å²) in [5, 5.41) is 18.5. The van der Waals surface area contributed by atoms with Crippen LogP contribution in [0.4, 0.5) is 0 Å². The first kappa shape index (κ1) is 15.3. The number of aliphatic hydroxyl groups is 1. The Morgan fingerprint density at radius 1 is 1.45 bits per heavy atom. The maximum Gasteiger partial charge on any atom is 0.240 e. The maximum absolute atomic E-state index is 12.1. The van der Waals surface area contributed by atoms with E-state index >= 15 is 0 Å². The largest absolute Gasteiger partial charge is 0.393 e. The van der Waals surface area contributed by atoms with Gasteiger partial charge in [0.1, 0.15) is 6.07 Å². The molecule has 0 saturated heterocycles. The molecule has 1 saturated carbocycles. The topological polar surface area (TPSA) is 90.2 Å². The molecule has 0 aromatic heterocycles. The Morgan fingerprint density at radius 3 is 2.75 bits per heavy atom. The van der Waals surface area contributed by atoms with Crippen LogP contribution >= 0.6 is 11.6 Å². The highest BCUT2D eigenvalue weighted by Gasteiger charge is 2.27. The number of halogens is 1. The molecule has 1 fully saturated rings. The Kier molecular flexibility index (Phi) is 4.66. The van der Waals surface area contributed by atoms with E-state index in [1.54, 1.807) is 0 Å². The molecular formula is C13H15ClN2O3S. The molecule has 1 aromatic carbocycles. The van der Waals surface area contributed by atoms with Crippen LogP contribution in [-0.2, 0) is 10.0 Å². The van der Waals surface area contributed by atoms with E-state index in [0.29, 0.717) is 0 Å². The number of hydrogen-bond donors (Lipinski definition) is 2. The number of benzene rings is 1.